The number of benzene rings is 2. The van der Waals surface area contributed by atoms with E-state index in [0.29, 0.717) is 0 Å². The van der Waals surface area contributed by atoms with Gasteiger partial charge in [-0.15, -0.1) is 0 Å². The van der Waals surface area contributed by atoms with Gasteiger partial charge < -0.3 is 10.8 Å². The van der Waals surface area contributed by atoms with Crippen LogP contribution in [0.1, 0.15) is 35.3 Å². The number of aromatic carboxylic acids is 1. The van der Waals surface area contributed by atoms with E-state index in [2.05, 4.69) is 46.4 Å². The Bertz CT molecular complexity index is 845. The predicted molar refractivity (Wildman–Crippen MR) is 99.4 cm³/mol. The molecular weight excluding hydrogens is 326 g/mol. The van der Waals surface area contributed by atoms with Gasteiger partial charge in [-0.25, -0.2) is 9.78 Å². The molecule has 1 aliphatic rings. The van der Waals surface area contributed by atoms with Crippen LogP contribution < -0.4 is 5.73 Å². The highest BCUT2D eigenvalue weighted by atomic mass is 16.4. The van der Waals surface area contributed by atoms with Crippen LogP contribution in [0, 0.1) is 6.07 Å². The molecule has 0 unspecified atom stereocenters. The Morgan fingerprint density at radius 1 is 1.12 bits per heavy atom. The van der Waals surface area contributed by atoms with E-state index in [-0.39, 0.29) is 11.2 Å². The maximum Gasteiger partial charge on any atom is 0.356 e. The summed E-state index contributed by atoms with van der Waals surface area (Å²) in [5, 5.41) is 8.28. The highest BCUT2D eigenvalue weighted by molar-refractivity contribution is 5.84. The minimum atomic E-state index is -1.05. The van der Waals surface area contributed by atoms with Gasteiger partial charge in [-0.1, -0.05) is 48.5 Å². The molecule has 1 saturated carbocycles. The second kappa shape index (κ2) is 7.89. The molecule has 0 saturated heterocycles. The Balaban J connectivity index is 0.000000185. The number of hydrogen-bond acceptors (Lipinski definition) is 4. The summed E-state index contributed by atoms with van der Waals surface area (Å²) in [4.78, 5) is 17.2. The number of hydrogen-bond donors (Lipinski definition) is 2. The molecule has 5 heteroatoms. The van der Waals surface area contributed by atoms with Crippen molar-refractivity contribution in [2.75, 3.05) is 0 Å². The summed E-state index contributed by atoms with van der Waals surface area (Å²) < 4.78 is 0. The van der Waals surface area contributed by atoms with Gasteiger partial charge in [0.25, 0.3) is 0 Å². The van der Waals surface area contributed by atoms with Gasteiger partial charge in [0, 0.05) is 17.9 Å². The van der Waals surface area contributed by atoms with Crippen molar-refractivity contribution < 1.29 is 9.90 Å². The van der Waals surface area contributed by atoms with Crippen molar-refractivity contribution in [1.82, 2.24) is 9.97 Å². The molecule has 131 valence electrons. The number of rotatable bonds is 3. The van der Waals surface area contributed by atoms with Gasteiger partial charge >= 0.3 is 5.97 Å². The molecular formula is C21H20N3O2. The van der Waals surface area contributed by atoms with Gasteiger partial charge in [-0.05, 0) is 42.0 Å². The van der Waals surface area contributed by atoms with Crippen molar-refractivity contribution in [3.05, 3.63) is 84.4 Å². The molecule has 1 aromatic heterocycles. The van der Waals surface area contributed by atoms with Gasteiger partial charge in [-0.3, -0.25) is 4.98 Å². The molecule has 1 fully saturated rings. The van der Waals surface area contributed by atoms with Crippen LogP contribution in [0.2, 0.25) is 0 Å². The maximum absolute atomic E-state index is 10.1. The molecule has 3 aromatic rings. The van der Waals surface area contributed by atoms with Crippen LogP contribution in [-0.2, 0) is 5.54 Å². The van der Waals surface area contributed by atoms with Crippen LogP contribution in [0.25, 0.3) is 11.1 Å². The van der Waals surface area contributed by atoms with E-state index < -0.39 is 5.97 Å². The lowest BCUT2D eigenvalue weighted by molar-refractivity contribution is 0.0690. The summed E-state index contributed by atoms with van der Waals surface area (Å²) in [5.74, 6) is -1.05. The van der Waals surface area contributed by atoms with Crippen molar-refractivity contribution in [2.45, 2.75) is 24.8 Å². The minimum absolute atomic E-state index is 0.0301. The molecule has 0 atom stereocenters. The molecule has 1 aliphatic carbocycles. The van der Waals surface area contributed by atoms with Crippen LogP contribution >= 0.6 is 0 Å². The number of carbonyl (C=O) groups is 1. The molecule has 3 N–H and O–H groups in total. The van der Waals surface area contributed by atoms with E-state index in [1.807, 2.05) is 18.2 Å². The van der Waals surface area contributed by atoms with Crippen LogP contribution in [0.5, 0.6) is 0 Å². The maximum atomic E-state index is 10.1. The lowest BCUT2D eigenvalue weighted by atomic mass is 9.72. The molecule has 2 aromatic carbocycles. The monoisotopic (exact) mass is 346 g/mol. The summed E-state index contributed by atoms with van der Waals surface area (Å²) in [6.45, 7) is 0. The average molecular weight is 346 g/mol. The number of carboxylic acid groups (broad SMARTS) is 1. The first-order chi connectivity index (χ1) is 12.6. The van der Waals surface area contributed by atoms with E-state index in [9.17, 15) is 4.79 Å². The molecule has 0 amide bonds. The summed E-state index contributed by atoms with van der Waals surface area (Å²) >= 11 is 0. The highest BCUT2D eigenvalue weighted by Gasteiger charge is 2.33. The van der Waals surface area contributed by atoms with E-state index in [1.54, 1.807) is 0 Å². The molecule has 0 spiro atoms. The lowest BCUT2D eigenvalue weighted by Gasteiger charge is -2.38. The standard InChI is InChI=1S/C16H16N.C5H4N2O2/c17-16(11-4-12-16)15-9-7-14(8-10-15)13-5-2-1-3-6-13;8-5(9)4-3-6-1-2-7-4/h1-3,5,7-10H,4,11-12,17H2;1-3H,(H,8,9). The van der Waals surface area contributed by atoms with E-state index in [4.69, 9.17) is 10.8 Å². The quantitative estimate of drug-likeness (QED) is 0.755. The van der Waals surface area contributed by atoms with Crippen molar-refractivity contribution in [2.24, 2.45) is 5.73 Å². The fraction of sp³-hybridized carbons (Fsp3) is 0.190. The largest absolute Gasteiger partial charge is 0.476 e. The number of carboxylic acids is 1. The SMILES string of the molecule is NC1(c2ccc(-c3[c]cccc3)cc2)CCC1.O=C(O)c1cnccn1. The van der Waals surface area contributed by atoms with Crippen molar-refractivity contribution in [3.63, 3.8) is 0 Å². The van der Waals surface area contributed by atoms with Gasteiger partial charge in [-0.2, -0.15) is 0 Å². The fourth-order valence-electron chi connectivity index (χ4n) is 2.81. The van der Waals surface area contributed by atoms with Gasteiger partial charge in [0.15, 0.2) is 5.69 Å². The third-order valence-corrected chi connectivity index (χ3v) is 4.51. The number of aromatic nitrogens is 2. The Labute approximate surface area is 152 Å². The zero-order valence-corrected chi connectivity index (χ0v) is 14.3. The molecule has 1 radical (unpaired) electrons. The summed E-state index contributed by atoms with van der Waals surface area (Å²) in [7, 11) is 0. The topological polar surface area (TPSA) is 89.1 Å². The first-order valence-corrected chi connectivity index (χ1v) is 8.44. The van der Waals surface area contributed by atoms with Crippen molar-refractivity contribution in [1.29, 1.82) is 0 Å². The van der Waals surface area contributed by atoms with Gasteiger partial charge in [0.2, 0.25) is 0 Å². The average Bonchev–Trinajstić information content (AvgIpc) is 2.68. The van der Waals surface area contributed by atoms with Crippen LogP contribution in [0.4, 0.5) is 0 Å². The Hall–Kier alpha value is -3.05. The summed E-state index contributed by atoms with van der Waals surface area (Å²) in [6, 6.07) is 19.9. The van der Waals surface area contributed by atoms with E-state index >= 15 is 0 Å². The van der Waals surface area contributed by atoms with Gasteiger partial charge in [0.1, 0.15) is 0 Å². The molecule has 0 aliphatic heterocycles. The summed E-state index contributed by atoms with van der Waals surface area (Å²) in [5.41, 5.74) is 9.83. The third kappa shape index (κ3) is 4.13. The number of nitrogens with two attached hydrogens (primary N) is 1. The first kappa shape index (κ1) is 17.8. The third-order valence-electron chi connectivity index (χ3n) is 4.51. The molecule has 0 bridgehead atoms. The summed E-state index contributed by atoms with van der Waals surface area (Å²) in [6.07, 6.45) is 7.44. The molecule has 5 nitrogen and oxygen atoms in total. The smallest absolute Gasteiger partial charge is 0.356 e. The Kier molecular flexibility index (Phi) is 5.39. The lowest BCUT2D eigenvalue weighted by Crippen LogP contribution is -2.43. The van der Waals surface area contributed by atoms with E-state index in [0.717, 1.165) is 18.4 Å². The number of nitrogens with zero attached hydrogens (tertiary/aromatic N) is 2. The fourth-order valence-corrected chi connectivity index (χ4v) is 2.81. The minimum Gasteiger partial charge on any atom is -0.476 e. The highest BCUT2D eigenvalue weighted by Crippen LogP contribution is 2.39. The second-order valence-electron chi connectivity index (χ2n) is 6.26. The van der Waals surface area contributed by atoms with Crippen molar-refractivity contribution >= 4 is 5.97 Å². The zero-order valence-electron chi connectivity index (χ0n) is 14.3. The van der Waals surface area contributed by atoms with Crippen LogP contribution in [0.15, 0.2) is 67.1 Å². The second-order valence-corrected chi connectivity index (χ2v) is 6.26. The Morgan fingerprint density at radius 3 is 2.35 bits per heavy atom. The van der Waals surface area contributed by atoms with Gasteiger partial charge in [0.05, 0.1) is 6.20 Å². The van der Waals surface area contributed by atoms with E-state index in [1.165, 1.54) is 36.1 Å². The van der Waals surface area contributed by atoms with Crippen LogP contribution in [0.3, 0.4) is 0 Å². The van der Waals surface area contributed by atoms with Crippen LogP contribution in [-0.4, -0.2) is 21.0 Å². The zero-order chi connectivity index (χ0) is 18.4. The Morgan fingerprint density at radius 2 is 1.88 bits per heavy atom. The predicted octanol–water partition coefficient (Wildman–Crippen LogP) is 3.67. The molecule has 26 heavy (non-hydrogen) atoms. The normalized spacial score (nSPS) is 14.5. The first-order valence-electron chi connectivity index (χ1n) is 8.44. The van der Waals surface area contributed by atoms with Crippen molar-refractivity contribution in [3.8, 4) is 11.1 Å². The molecule has 4 rings (SSSR count). The molecule has 1 heterocycles.